The third-order valence-corrected chi connectivity index (χ3v) is 8.74. The van der Waals surface area contributed by atoms with Gasteiger partial charge in [0.25, 0.3) is 5.91 Å². The number of nitrogens with zero attached hydrogens (tertiary/aromatic N) is 2. The second-order valence-corrected chi connectivity index (χ2v) is 11.2. The highest BCUT2D eigenvalue weighted by atomic mass is 16.7. The summed E-state index contributed by atoms with van der Waals surface area (Å²) in [5, 5.41) is 3.19. The van der Waals surface area contributed by atoms with Crippen molar-refractivity contribution in [2.45, 2.75) is 64.1 Å². The van der Waals surface area contributed by atoms with Gasteiger partial charge in [-0.1, -0.05) is 26.0 Å². The van der Waals surface area contributed by atoms with Crippen molar-refractivity contribution in [3.8, 4) is 11.1 Å². The fraction of sp³-hybridized carbons (Fsp3) is 0.519. The number of hydrogen-bond donors (Lipinski definition) is 3. The van der Waals surface area contributed by atoms with E-state index in [9.17, 15) is 4.79 Å². The summed E-state index contributed by atoms with van der Waals surface area (Å²) >= 11 is 0. The number of amides is 1. The number of aromatic nitrogens is 1. The van der Waals surface area contributed by atoms with Gasteiger partial charge < -0.3 is 26.1 Å². The van der Waals surface area contributed by atoms with E-state index in [1.807, 2.05) is 36.4 Å². The van der Waals surface area contributed by atoms with E-state index in [0.717, 1.165) is 17.5 Å². The Hall–Kier alpha value is -2.91. The van der Waals surface area contributed by atoms with E-state index in [1.165, 1.54) is 6.42 Å². The van der Waals surface area contributed by atoms with Crippen LogP contribution in [0.5, 0.6) is 0 Å². The lowest BCUT2D eigenvalue weighted by atomic mass is 9.43. The first-order valence-corrected chi connectivity index (χ1v) is 12.9. The second kappa shape index (κ2) is 9.52. The van der Waals surface area contributed by atoms with Crippen molar-refractivity contribution >= 4 is 19.0 Å². The molecule has 9 heteroatoms. The zero-order valence-electron chi connectivity index (χ0n) is 21.3. The molecule has 4 fully saturated rings. The van der Waals surface area contributed by atoms with E-state index >= 15 is 0 Å². The standard InChI is InChI=1S/C27H36BN5O3/c1-26(2)20-15-21(26)27(3)22(16-20)35-28(36-27)23(5-4-12-32-25(29)30)33-24(34)19-8-6-17(7-9-19)18-10-13-31-14-11-18/h6-11,13-14,20-23H,4-5,12,15-16H2,1-3H3,(H,33,34)(H4,29,30,32)/t20?,21?,22-,23+,27+/m1/s1. The molecule has 1 aromatic carbocycles. The second-order valence-electron chi connectivity index (χ2n) is 11.2. The van der Waals surface area contributed by atoms with Gasteiger partial charge in [0.15, 0.2) is 5.96 Å². The van der Waals surface area contributed by atoms with Gasteiger partial charge in [0.05, 0.1) is 17.6 Å². The Bertz CT molecular complexity index is 1120. The Morgan fingerprint density at radius 1 is 1.14 bits per heavy atom. The van der Waals surface area contributed by atoms with Crippen LogP contribution >= 0.6 is 0 Å². The van der Waals surface area contributed by atoms with Crippen molar-refractivity contribution in [2.75, 3.05) is 6.54 Å². The molecule has 36 heavy (non-hydrogen) atoms. The minimum atomic E-state index is -0.505. The first kappa shape index (κ1) is 24.8. The molecule has 1 aromatic heterocycles. The van der Waals surface area contributed by atoms with Crippen molar-refractivity contribution in [3.05, 3.63) is 54.4 Å². The number of nitrogens with one attached hydrogen (secondary N) is 1. The number of rotatable bonds is 8. The molecule has 0 radical (unpaired) electrons. The number of hydrogen-bond acceptors (Lipinski definition) is 5. The summed E-state index contributed by atoms with van der Waals surface area (Å²) in [7, 11) is -0.505. The third-order valence-electron chi connectivity index (χ3n) is 8.74. The van der Waals surface area contributed by atoms with Gasteiger partial charge in [-0.05, 0) is 85.3 Å². The summed E-state index contributed by atoms with van der Waals surface area (Å²) in [6.45, 7) is 7.36. The van der Waals surface area contributed by atoms with Gasteiger partial charge in [-0.2, -0.15) is 0 Å². The molecule has 1 saturated heterocycles. The lowest BCUT2D eigenvalue weighted by Gasteiger charge is -2.64. The maximum Gasteiger partial charge on any atom is 0.481 e. The van der Waals surface area contributed by atoms with Crippen molar-refractivity contribution in [1.29, 1.82) is 0 Å². The predicted octanol–water partition coefficient (Wildman–Crippen LogP) is 3.17. The number of nitrogens with two attached hydrogens (primary N) is 2. The van der Waals surface area contributed by atoms with Crippen LogP contribution in [-0.2, 0) is 9.31 Å². The van der Waals surface area contributed by atoms with Gasteiger partial charge in [0, 0.05) is 24.5 Å². The quantitative estimate of drug-likeness (QED) is 0.226. The highest BCUT2D eigenvalue weighted by Crippen LogP contribution is 2.65. The lowest BCUT2D eigenvalue weighted by molar-refractivity contribution is -0.199. The van der Waals surface area contributed by atoms with Crippen LogP contribution in [0.4, 0.5) is 0 Å². The molecule has 2 bridgehead atoms. The van der Waals surface area contributed by atoms with Crippen LogP contribution < -0.4 is 16.8 Å². The van der Waals surface area contributed by atoms with Gasteiger partial charge >= 0.3 is 7.12 Å². The van der Waals surface area contributed by atoms with Crippen LogP contribution in [0.25, 0.3) is 11.1 Å². The van der Waals surface area contributed by atoms with Crippen LogP contribution in [0.2, 0.25) is 0 Å². The highest BCUT2D eigenvalue weighted by Gasteiger charge is 2.68. The molecule has 2 heterocycles. The number of guanidine groups is 1. The average Bonchev–Trinajstić information content (AvgIpc) is 3.23. The largest absolute Gasteiger partial charge is 0.481 e. The van der Waals surface area contributed by atoms with Crippen molar-refractivity contribution in [2.24, 2.45) is 33.7 Å². The SMILES string of the molecule is CC1(C)C2CC1[C@]1(C)OB([C@H](CCCN=C(N)N)NC(=O)c3ccc(-c4ccncc4)cc3)O[C@@H]1C2. The average molecular weight is 489 g/mol. The topological polar surface area (TPSA) is 125 Å². The van der Waals surface area contributed by atoms with Crippen LogP contribution in [0, 0.1) is 17.3 Å². The van der Waals surface area contributed by atoms with Crippen LogP contribution in [-0.4, -0.2) is 48.2 Å². The van der Waals surface area contributed by atoms with E-state index < -0.39 is 7.12 Å². The van der Waals surface area contributed by atoms with E-state index in [-0.39, 0.29) is 34.9 Å². The number of carbonyl (C=O) groups is 1. The van der Waals surface area contributed by atoms with Gasteiger partial charge in [-0.3, -0.25) is 14.8 Å². The Kier molecular flexibility index (Phi) is 6.55. The van der Waals surface area contributed by atoms with E-state index in [1.54, 1.807) is 12.4 Å². The van der Waals surface area contributed by atoms with Crippen LogP contribution in [0.3, 0.4) is 0 Å². The zero-order valence-corrected chi connectivity index (χ0v) is 21.3. The summed E-state index contributed by atoms with van der Waals surface area (Å²) in [5.74, 6) is 0.724. The summed E-state index contributed by atoms with van der Waals surface area (Å²) in [6.07, 6.45) is 7.09. The van der Waals surface area contributed by atoms with Gasteiger partial charge in [-0.25, -0.2) is 0 Å². The number of benzene rings is 1. The first-order chi connectivity index (χ1) is 17.2. The monoisotopic (exact) mass is 489 g/mol. The molecule has 6 rings (SSSR count). The number of pyridine rings is 1. The Morgan fingerprint density at radius 2 is 1.83 bits per heavy atom. The number of carbonyl (C=O) groups excluding carboxylic acids is 1. The molecule has 8 nitrogen and oxygen atoms in total. The fourth-order valence-electron chi connectivity index (χ4n) is 6.48. The van der Waals surface area contributed by atoms with Gasteiger partial charge in [-0.15, -0.1) is 0 Å². The van der Waals surface area contributed by atoms with E-state index in [0.29, 0.717) is 36.8 Å². The lowest BCUT2D eigenvalue weighted by Crippen LogP contribution is -2.65. The van der Waals surface area contributed by atoms with Gasteiger partial charge in [0.2, 0.25) is 0 Å². The fourth-order valence-corrected chi connectivity index (χ4v) is 6.48. The highest BCUT2D eigenvalue weighted by molar-refractivity contribution is 6.48. The summed E-state index contributed by atoms with van der Waals surface area (Å²) < 4.78 is 13.2. The molecule has 190 valence electrons. The van der Waals surface area contributed by atoms with Crippen LogP contribution in [0.1, 0.15) is 56.8 Å². The van der Waals surface area contributed by atoms with E-state index in [4.69, 9.17) is 20.8 Å². The molecule has 4 aliphatic rings. The molecule has 3 saturated carbocycles. The Morgan fingerprint density at radius 3 is 2.50 bits per heavy atom. The molecule has 2 unspecified atom stereocenters. The third kappa shape index (κ3) is 4.50. The molecule has 1 aliphatic heterocycles. The molecular weight excluding hydrogens is 453 g/mol. The zero-order chi connectivity index (χ0) is 25.5. The maximum atomic E-state index is 13.3. The first-order valence-electron chi connectivity index (χ1n) is 12.9. The summed E-state index contributed by atoms with van der Waals surface area (Å²) in [5.41, 5.74) is 13.6. The Balaban J connectivity index is 1.30. The van der Waals surface area contributed by atoms with Crippen molar-refractivity contribution in [3.63, 3.8) is 0 Å². The molecule has 3 aliphatic carbocycles. The minimum absolute atomic E-state index is 0.0519. The maximum absolute atomic E-state index is 13.3. The molecule has 2 aromatic rings. The van der Waals surface area contributed by atoms with E-state index in [2.05, 4.69) is 36.1 Å². The number of aliphatic imine (C=N–C) groups is 1. The summed E-state index contributed by atoms with van der Waals surface area (Å²) in [4.78, 5) is 21.4. The molecule has 5 atom stereocenters. The molecular formula is C27H36BN5O3. The Labute approximate surface area is 213 Å². The van der Waals surface area contributed by atoms with Crippen molar-refractivity contribution < 1.29 is 14.1 Å². The molecule has 5 N–H and O–H groups in total. The minimum Gasteiger partial charge on any atom is -0.404 e. The predicted molar refractivity (Wildman–Crippen MR) is 141 cm³/mol. The normalized spacial score (nSPS) is 28.5. The summed E-state index contributed by atoms with van der Waals surface area (Å²) in [6, 6.07) is 11.5. The van der Waals surface area contributed by atoms with Crippen LogP contribution in [0.15, 0.2) is 53.8 Å². The van der Waals surface area contributed by atoms with Crippen molar-refractivity contribution in [1.82, 2.24) is 10.3 Å². The van der Waals surface area contributed by atoms with Gasteiger partial charge in [0.1, 0.15) is 0 Å². The smallest absolute Gasteiger partial charge is 0.404 e. The molecule has 1 amide bonds. The molecule has 0 spiro atoms.